The summed E-state index contributed by atoms with van der Waals surface area (Å²) in [5.41, 5.74) is 3.70. The minimum Gasteiger partial charge on any atom is -0.349 e. The van der Waals surface area contributed by atoms with Gasteiger partial charge >= 0.3 is 6.18 Å². The number of halogens is 4. The Morgan fingerprint density at radius 2 is 1.83 bits per heavy atom. The molecular formula is C29H38ClF3N4O3S. The molecule has 12 heteroatoms. The van der Waals surface area contributed by atoms with Crippen molar-refractivity contribution < 1.29 is 26.4 Å². The number of alkyl halides is 3. The molecule has 0 radical (unpaired) electrons. The van der Waals surface area contributed by atoms with Crippen LogP contribution in [-0.2, 0) is 27.8 Å². The summed E-state index contributed by atoms with van der Waals surface area (Å²) in [5, 5.41) is 6.50. The zero-order valence-corrected chi connectivity index (χ0v) is 25.0. The highest BCUT2D eigenvalue weighted by molar-refractivity contribution is 7.89. The fraction of sp³-hybridized carbons (Fsp3) is 0.552. The number of nitrogens with one attached hydrogen (secondary N) is 3. The number of sulfonamides is 1. The lowest BCUT2D eigenvalue weighted by Gasteiger charge is -2.28. The Morgan fingerprint density at radius 3 is 2.54 bits per heavy atom. The summed E-state index contributed by atoms with van der Waals surface area (Å²) >= 11 is 6.02. The molecule has 3 N–H and O–H groups in total. The van der Waals surface area contributed by atoms with Crippen molar-refractivity contribution in [1.29, 1.82) is 0 Å². The van der Waals surface area contributed by atoms with Gasteiger partial charge in [0.1, 0.15) is 6.04 Å². The molecule has 226 valence electrons. The van der Waals surface area contributed by atoms with Crippen molar-refractivity contribution in [2.45, 2.75) is 82.1 Å². The van der Waals surface area contributed by atoms with E-state index in [1.807, 2.05) is 12.1 Å². The first-order valence-corrected chi connectivity index (χ1v) is 15.9. The summed E-state index contributed by atoms with van der Waals surface area (Å²) in [6.45, 7) is 7.97. The van der Waals surface area contributed by atoms with Gasteiger partial charge in [-0.15, -0.1) is 0 Å². The predicted octanol–water partition coefficient (Wildman–Crippen LogP) is 4.94. The smallest absolute Gasteiger partial charge is 0.349 e. The molecule has 0 unspecified atom stereocenters. The number of nitrogens with zero attached hydrogens (tertiary/aromatic N) is 1. The quantitative estimate of drug-likeness (QED) is 0.312. The van der Waals surface area contributed by atoms with Crippen LogP contribution in [0.5, 0.6) is 0 Å². The minimum absolute atomic E-state index is 0.207. The van der Waals surface area contributed by atoms with Gasteiger partial charge in [-0.2, -0.15) is 17.9 Å². The third-order valence-electron chi connectivity index (χ3n) is 7.82. The summed E-state index contributed by atoms with van der Waals surface area (Å²) in [5.74, 6) is -0.871. The number of amides is 1. The molecular weight excluding hydrogens is 577 g/mol. The van der Waals surface area contributed by atoms with Crippen LogP contribution in [0.15, 0.2) is 35.2 Å². The molecule has 1 aliphatic carbocycles. The van der Waals surface area contributed by atoms with Crippen molar-refractivity contribution in [3.05, 3.63) is 63.2 Å². The number of carbonyl (C=O) groups excluding carboxylic acids is 1. The van der Waals surface area contributed by atoms with Crippen LogP contribution in [0.4, 0.5) is 13.2 Å². The van der Waals surface area contributed by atoms with Crippen molar-refractivity contribution in [2.24, 2.45) is 0 Å². The second kappa shape index (κ2) is 13.4. The van der Waals surface area contributed by atoms with E-state index in [0.717, 1.165) is 62.3 Å². The van der Waals surface area contributed by atoms with Crippen LogP contribution in [-0.4, -0.2) is 57.6 Å². The van der Waals surface area contributed by atoms with Gasteiger partial charge in [0, 0.05) is 24.7 Å². The lowest BCUT2D eigenvalue weighted by atomic mass is 9.86. The minimum atomic E-state index is -4.97. The number of likely N-dealkylation sites (tertiary alicyclic amines) is 1. The van der Waals surface area contributed by atoms with Gasteiger partial charge in [-0.25, -0.2) is 8.42 Å². The van der Waals surface area contributed by atoms with E-state index >= 15 is 0 Å². The molecule has 1 heterocycles. The van der Waals surface area contributed by atoms with Gasteiger partial charge in [-0.05, 0) is 99.0 Å². The average molecular weight is 615 g/mol. The Bertz CT molecular complexity index is 1350. The van der Waals surface area contributed by atoms with Gasteiger partial charge in [0.15, 0.2) is 0 Å². The van der Waals surface area contributed by atoms with Gasteiger partial charge in [0.2, 0.25) is 15.9 Å². The van der Waals surface area contributed by atoms with E-state index in [1.165, 1.54) is 31.9 Å². The molecule has 7 nitrogen and oxygen atoms in total. The van der Waals surface area contributed by atoms with Crippen LogP contribution in [0.2, 0.25) is 5.02 Å². The van der Waals surface area contributed by atoms with E-state index in [9.17, 15) is 26.4 Å². The molecule has 1 amide bonds. The molecule has 2 aromatic carbocycles. The van der Waals surface area contributed by atoms with Crippen molar-refractivity contribution in [2.75, 3.05) is 26.2 Å². The van der Waals surface area contributed by atoms with Crippen molar-refractivity contribution in [3.63, 3.8) is 0 Å². The summed E-state index contributed by atoms with van der Waals surface area (Å²) in [6, 6.07) is 5.61. The maximum absolute atomic E-state index is 13.9. The number of rotatable bonds is 11. The summed E-state index contributed by atoms with van der Waals surface area (Å²) in [7, 11) is -4.58. The highest BCUT2D eigenvalue weighted by Gasteiger charge is 2.44. The molecule has 0 saturated carbocycles. The zero-order chi connectivity index (χ0) is 29.8. The van der Waals surface area contributed by atoms with Crippen LogP contribution < -0.4 is 15.4 Å². The fourth-order valence-corrected chi connectivity index (χ4v) is 7.31. The van der Waals surface area contributed by atoms with Crippen LogP contribution in [0, 0.1) is 13.8 Å². The zero-order valence-electron chi connectivity index (χ0n) is 23.4. The molecule has 1 fully saturated rings. The largest absolute Gasteiger partial charge is 0.405 e. The number of benzene rings is 2. The van der Waals surface area contributed by atoms with E-state index < -0.39 is 40.6 Å². The van der Waals surface area contributed by atoms with Crippen LogP contribution >= 0.6 is 11.6 Å². The summed E-state index contributed by atoms with van der Waals surface area (Å²) in [4.78, 5) is 15.0. The van der Waals surface area contributed by atoms with Crippen molar-refractivity contribution in [1.82, 2.24) is 20.3 Å². The maximum atomic E-state index is 13.9. The molecule has 2 aromatic rings. The SMILES string of the molecule is Cc1cc(S(=O)(=O)N[C@@H](CC(=O)N[C@@H]2CCCc3cc(CNCCN4CCCC4)ccc32)C(F)(F)F)c(C)cc1Cl. The van der Waals surface area contributed by atoms with Crippen LogP contribution in [0.25, 0.3) is 0 Å². The third kappa shape index (κ3) is 8.44. The van der Waals surface area contributed by atoms with Gasteiger partial charge in [0.25, 0.3) is 0 Å². The highest BCUT2D eigenvalue weighted by atomic mass is 35.5. The number of carbonyl (C=O) groups is 1. The standard InChI is InChI=1S/C29H38ClF3N4O3S/c1-19-15-26(20(2)14-24(19)30)41(39,40)36-27(29(31,32)33)17-28(38)35-25-7-5-6-22-16-21(8-9-23(22)25)18-34-10-13-37-11-3-4-12-37/h8-9,14-16,25,27,34,36H,3-7,10-13,17-18H2,1-2H3,(H,35,38)/t25-,27+/m1/s1. The molecule has 1 saturated heterocycles. The van der Waals surface area contributed by atoms with Crippen LogP contribution in [0.1, 0.15) is 66.0 Å². The fourth-order valence-electron chi connectivity index (χ4n) is 5.56. The Hall–Kier alpha value is -2.18. The van der Waals surface area contributed by atoms with E-state index in [2.05, 4.69) is 21.6 Å². The Balaban J connectivity index is 1.38. The average Bonchev–Trinajstić information content (AvgIpc) is 3.41. The topological polar surface area (TPSA) is 90.5 Å². The number of hydrogen-bond acceptors (Lipinski definition) is 5. The third-order valence-corrected chi connectivity index (χ3v) is 9.84. The van der Waals surface area contributed by atoms with Gasteiger partial charge in [-0.1, -0.05) is 29.8 Å². The molecule has 2 aliphatic rings. The molecule has 2 atom stereocenters. The normalized spacial score (nSPS) is 18.7. The van der Waals surface area contributed by atoms with Gasteiger partial charge in [0.05, 0.1) is 17.4 Å². The molecule has 0 aromatic heterocycles. The first kappa shape index (κ1) is 31.7. The first-order chi connectivity index (χ1) is 19.3. The highest BCUT2D eigenvalue weighted by Crippen LogP contribution is 2.32. The molecule has 0 spiro atoms. The first-order valence-electron chi connectivity index (χ1n) is 14.0. The Kier molecular flexibility index (Phi) is 10.4. The molecule has 0 bridgehead atoms. The lowest BCUT2D eigenvalue weighted by Crippen LogP contribution is -2.48. The summed E-state index contributed by atoms with van der Waals surface area (Å²) < 4.78 is 69.3. The second-order valence-corrected chi connectivity index (χ2v) is 13.1. The second-order valence-electron chi connectivity index (χ2n) is 11.1. The van der Waals surface area contributed by atoms with E-state index in [1.54, 1.807) is 11.6 Å². The van der Waals surface area contributed by atoms with Gasteiger partial charge in [-0.3, -0.25) is 4.79 Å². The van der Waals surface area contributed by atoms with E-state index in [4.69, 9.17) is 11.6 Å². The Labute approximate surface area is 245 Å². The van der Waals surface area contributed by atoms with Crippen molar-refractivity contribution >= 4 is 27.5 Å². The van der Waals surface area contributed by atoms with Crippen molar-refractivity contribution in [3.8, 4) is 0 Å². The molecule has 41 heavy (non-hydrogen) atoms. The number of fused-ring (bicyclic) bond motifs is 1. The van der Waals surface area contributed by atoms with Gasteiger partial charge < -0.3 is 15.5 Å². The Morgan fingerprint density at radius 1 is 1.10 bits per heavy atom. The van der Waals surface area contributed by atoms with E-state index in [0.29, 0.717) is 17.0 Å². The number of aryl methyl sites for hydroxylation is 3. The van der Waals surface area contributed by atoms with E-state index in [-0.39, 0.29) is 10.5 Å². The monoisotopic (exact) mass is 614 g/mol. The molecule has 4 rings (SSSR count). The maximum Gasteiger partial charge on any atom is 0.405 e. The molecule has 1 aliphatic heterocycles. The lowest BCUT2D eigenvalue weighted by molar-refractivity contribution is -0.158. The van der Waals surface area contributed by atoms with Crippen LogP contribution in [0.3, 0.4) is 0 Å². The number of hydrogen-bond donors (Lipinski definition) is 3. The predicted molar refractivity (Wildman–Crippen MR) is 153 cm³/mol. The summed E-state index contributed by atoms with van der Waals surface area (Å²) in [6.07, 6.45) is -1.31.